The third kappa shape index (κ3) is 4.77. The topological polar surface area (TPSA) is 139 Å². The Labute approximate surface area is 218 Å². The van der Waals surface area contributed by atoms with Crippen molar-refractivity contribution >= 4 is 34.6 Å². The lowest BCUT2D eigenvalue weighted by Crippen LogP contribution is -2.34. The lowest BCUT2D eigenvalue weighted by Gasteiger charge is -2.33. The van der Waals surface area contributed by atoms with Crippen LogP contribution in [-0.4, -0.2) is 52.7 Å². The van der Waals surface area contributed by atoms with Crippen molar-refractivity contribution in [3.63, 3.8) is 0 Å². The van der Waals surface area contributed by atoms with Crippen LogP contribution >= 0.6 is 0 Å². The summed E-state index contributed by atoms with van der Waals surface area (Å²) in [6.45, 7) is 1.66. The molecule has 0 unspecified atom stereocenters. The van der Waals surface area contributed by atoms with Crippen LogP contribution in [0.1, 0.15) is 45.0 Å². The quantitative estimate of drug-likeness (QED) is 0.261. The fourth-order valence-corrected chi connectivity index (χ4v) is 5.12. The van der Waals surface area contributed by atoms with E-state index in [9.17, 15) is 29.8 Å². The van der Waals surface area contributed by atoms with E-state index >= 15 is 0 Å². The third-order valence-corrected chi connectivity index (χ3v) is 7.13. The van der Waals surface area contributed by atoms with Gasteiger partial charge in [-0.15, -0.1) is 0 Å². The van der Waals surface area contributed by atoms with Crippen LogP contribution in [0.5, 0.6) is 0 Å². The van der Waals surface area contributed by atoms with E-state index in [1.165, 1.54) is 23.1 Å². The molecule has 11 heteroatoms. The summed E-state index contributed by atoms with van der Waals surface area (Å²) < 4.78 is 0. The average Bonchev–Trinajstić information content (AvgIpc) is 3.18. The van der Waals surface area contributed by atoms with Crippen molar-refractivity contribution in [1.29, 1.82) is 0 Å². The minimum atomic E-state index is -0.424. The van der Waals surface area contributed by atoms with E-state index in [2.05, 4.69) is 5.32 Å². The molecule has 38 heavy (non-hydrogen) atoms. The highest BCUT2D eigenvalue weighted by Gasteiger charge is 2.34. The molecular formula is C27H25N5O6. The number of carbonyl (C=O) groups is 2. The second-order valence-electron chi connectivity index (χ2n) is 9.30. The number of nitrogens with zero attached hydrogens (tertiary/aromatic N) is 4. The van der Waals surface area contributed by atoms with Gasteiger partial charge in [-0.3, -0.25) is 34.7 Å². The molecule has 0 radical (unpaired) electrons. The number of benzene rings is 3. The smallest absolute Gasteiger partial charge is 0.292 e. The maximum atomic E-state index is 12.6. The molecule has 2 aliphatic rings. The van der Waals surface area contributed by atoms with Gasteiger partial charge in [0.2, 0.25) is 0 Å². The van der Waals surface area contributed by atoms with E-state index in [0.717, 1.165) is 18.4 Å². The molecule has 0 aromatic heterocycles. The second-order valence-corrected chi connectivity index (χ2v) is 9.30. The van der Waals surface area contributed by atoms with Crippen molar-refractivity contribution in [2.75, 3.05) is 36.4 Å². The Bertz CT molecular complexity index is 1380. The zero-order chi connectivity index (χ0) is 26.8. The van der Waals surface area contributed by atoms with E-state index in [-0.39, 0.29) is 35.7 Å². The molecule has 2 amide bonds. The summed E-state index contributed by atoms with van der Waals surface area (Å²) in [4.78, 5) is 50.2. The Kier molecular flexibility index (Phi) is 6.73. The monoisotopic (exact) mass is 515 g/mol. The summed E-state index contributed by atoms with van der Waals surface area (Å²) in [7, 11) is 0. The minimum Gasteiger partial charge on any atom is -0.383 e. The minimum absolute atomic E-state index is 0.00434. The first-order valence-corrected chi connectivity index (χ1v) is 12.3. The van der Waals surface area contributed by atoms with Gasteiger partial charge in [-0.25, -0.2) is 0 Å². The maximum absolute atomic E-state index is 12.6. The first kappa shape index (κ1) is 24.9. The van der Waals surface area contributed by atoms with Crippen molar-refractivity contribution in [3.05, 3.63) is 104 Å². The number of imide groups is 1. The first-order chi connectivity index (χ1) is 18.3. The lowest BCUT2D eigenvalue weighted by molar-refractivity contribution is -0.384. The number of hydrogen-bond acceptors (Lipinski definition) is 8. The molecule has 11 nitrogen and oxygen atoms in total. The number of amides is 2. The van der Waals surface area contributed by atoms with Crippen molar-refractivity contribution in [2.24, 2.45) is 0 Å². The number of anilines is 2. The van der Waals surface area contributed by atoms with Crippen molar-refractivity contribution in [3.8, 4) is 0 Å². The molecule has 5 rings (SSSR count). The molecule has 0 atom stereocenters. The summed E-state index contributed by atoms with van der Waals surface area (Å²) in [6, 6.07) is 18.1. The maximum Gasteiger partial charge on any atom is 0.292 e. The molecule has 0 bridgehead atoms. The van der Waals surface area contributed by atoms with Gasteiger partial charge >= 0.3 is 0 Å². The Morgan fingerprint density at radius 3 is 2.05 bits per heavy atom. The molecule has 0 aliphatic carbocycles. The Hall–Kier alpha value is -4.80. The number of non-ortho nitro benzene ring substituents is 1. The van der Waals surface area contributed by atoms with E-state index in [1.807, 2.05) is 4.90 Å². The molecule has 1 saturated heterocycles. The van der Waals surface area contributed by atoms with E-state index < -0.39 is 9.85 Å². The molecule has 3 aromatic carbocycles. The third-order valence-electron chi connectivity index (χ3n) is 7.13. The number of nitrogens with one attached hydrogen (secondary N) is 1. The van der Waals surface area contributed by atoms with Gasteiger partial charge in [0.15, 0.2) is 0 Å². The van der Waals surface area contributed by atoms with Gasteiger partial charge in [-0.2, -0.15) is 0 Å². The van der Waals surface area contributed by atoms with Crippen LogP contribution in [0.25, 0.3) is 0 Å². The first-order valence-electron chi connectivity index (χ1n) is 12.3. The number of nitro benzene ring substituents is 2. The summed E-state index contributed by atoms with van der Waals surface area (Å²) in [5.41, 5.74) is 3.02. The van der Waals surface area contributed by atoms with Crippen LogP contribution in [-0.2, 0) is 0 Å². The molecule has 194 valence electrons. The molecular weight excluding hydrogens is 490 g/mol. The van der Waals surface area contributed by atoms with Gasteiger partial charge in [0.05, 0.1) is 21.0 Å². The number of hydrogen-bond donors (Lipinski definition) is 1. The fourth-order valence-electron chi connectivity index (χ4n) is 5.12. The molecule has 2 aliphatic heterocycles. The van der Waals surface area contributed by atoms with Gasteiger partial charge in [0.25, 0.3) is 23.2 Å². The number of nitro groups is 2. The highest BCUT2D eigenvalue weighted by Crippen LogP contribution is 2.36. The van der Waals surface area contributed by atoms with Crippen LogP contribution in [0.3, 0.4) is 0 Å². The molecule has 3 aromatic rings. The molecule has 1 N–H and O–H groups in total. The van der Waals surface area contributed by atoms with Crippen LogP contribution in [0.2, 0.25) is 0 Å². The highest BCUT2D eigenvalue weighted by molar-refractivity contribution is 6.21. The zero-order valence-corrected chi connectivity index (χ0v) is 20.4. The van der Waals surface area contributed by atoms with Gasteiger partial charge in [0, 0.05) is 50.1 Å². The van der Waals surface area contributed by atoms with Crippen molar-refractivity contribution in [2.45, 2.75) is 18.8 Å². The van der Waals surface area contributed by atoms with E-state index in [1.54, 1.807) is 48.5 Å². The summed E-state index contributed by atoms with van der Waals surface area (Å²) in [6.07, 6.45) is 1.51. The van der Waals surface area contributed by atoms with Crippen molar-refractivity contribution < 1.29 is 19.4 Å². The summed E-state index contributed by atoms with van der Waals surface area (Å²) in [5.74, 6) is -0.438. The number of fused-ring (bicyclic) bond motifs is 1. The van der Waals surface area contributed by atoms with Crippen LogP contribution in [0.15, 0.2) is 66.7 Å². The van der Waals surface area contributed by atoms with Gasteiger partial charge in [-0.05, 0) is 48.6 Å². The molecule has 2 heterocycles. The lowest BCUT2D eigenvalue weighted by atomic mass is 9.89. The zero-order valence-electron chi connectivity index (χ0n) is 20.4. The van der Waals surface area contributed by atoms with Crippen LogP contribution < -0.4 is 10.2 Å². The Morgan fingerprint density at radius 1 is 0.842 bits per heavy atom. The van der Waals surface area contributed by atoms with Gasteiger partial charge in [0.1, 0.15) is 5.69 Å². The predicted molar refractivity (Wildman–Crippen MR) is 141 cm³/mol. The largest absolute Gasteiger partial charge is 0.383 e. The number of carbonyl (C=O) groups excluding carboxylic acids is 2. The standard InChI is InChI=1S/C27H25N5O6/c33-26-22-3-1-2-4-23(22)27(34)30(26)16-13-28-20-7-10-24(32(37)38)25(17-20)29-14-11-19(12-15-29)18-5-8-21(9-6-18)31(35)36/h1-10,17,19,28H,11-16H2. The Balaban J connectivity index is 1.23. The normalized spacial score (nSPS) is 15.5. The number of piperidine rings is 1. The van der Waals surface area contributed by atoms with Gasteiger partial charge in [-0.1, -0.05) is 24.3 Å². The van der Waals surface area contributed by atoms with Crippen molar-refractivity contribution in [1.82, 2.24) is 4.90 Å². The average molecular weight is 516 g/mol. The molecule has 0 spiro atoms. The Morgan fingerprint density at radius 2 is 1.47 bits per heavy atom. The molecule has 1 fully saturated rings. The van der Waals surface area contributed by atoms with E-state index in [0.29, 0.717) is 42.1 Å². The van der Waals surface area contributed by atoms with Gasteiger partial charge < -0.3 is 10.2 Å². The van der Waals surface area contributed by atoms with Crippen LogP contribution in [0, 0.1) is 20.2 Å². The van der Waals surface area contributed by atoms with Crippen LogP contribution in [0.4, 0.5) is 22.7 Å². The summed E-state index contributed by atoms with van der Waals surface area (Å²) in [5, 5.41) is 25.8. The number of rotatable bonds is 8. The highest BCUT2D eigenvalue weighted by atomic mass is 16.6. The van der Waals surface area contributed by atoms with E-state index in [4.69, 9.17) is 0 Å². The molecule has 0 saturated carbocycles. The fraction of sp³-hybridized carbons (Fsp3) is 0.259. The predicted octanol–water partition coefficient (Wildman–Crippen LogP) is 4.60. The second kappa shape index (κ2) is 10.3. The summed E-state index contributed by atoms with van der Waals surface area (Å²) >= 11 is 0. The SMILES string of the molecule is O=C1c2ccccc2C(=O)N1CCNc1ccc([N+](=O)[O-])c(N2CCC(c3ccc([N+](=O)[O-])cc3)CC2)c1.